The van der Waals surface area contributed by atoms with E-state index in [4.69, 9.17) is 0 Å². The van der Waals surface area contributed by atoms with Gasteiger partial charge in [0.05, 0.1) is 0 Å². The van der Waals surface area contributed by atoms with Crippen molar-refractivity contribution in [3.05, 3.63) is 42.0 Å². The molecule has 1 N–H and O–H groups in total. The topological polar surface area (TPSA) is 20.2 Å². The van der Waals surface area contributed by atoms with E-state index in [9.17, 15) is 5.11 Å². The summed E-state index contributed by atoms with van der Waals surface area (Å²) in [5, 5.41) is 11.8. The number of hydrogen-bond donors (Lipinski definition) is 1. The van der Waals surface area contributed by atoms with Gasteiger partial charge in [0, 0.05) is 9.81 Å². The predicted molar refractivity (Wildman–Crippen MR) is 68.2 cm³/mol. The van der Waals surface area contributed by atoms with E-state index in [0.29, 0.717) is 5.75 Å². The van der Waals surface area contributed by atoms with Crippen molar-refractivity contribution >= 4 is 33.4 Å². The largest absolute Gasteiger partial charge is 0.507 e. The van der Waals surface area contributed by atoms with Crippen LogP contribution in [0.3, 0.4) is 0 Å². The molecule has 2 aromatic carbocycles. The van der Waals surface area contributed by atoms with Gasteiger partial charge in [0.25, 0.3) is 0 Å². The molecule has 72 valence electrons. The van der Waals surface area contributed by atoms with Crippen LogP contribution in [0, 0.1) is 0 Å². The van der Waals surface area contributed by atoms with Crippen LogP contribution in [0.4, 0.5) is 0 Å². The lowest BCUT2D eigenvalue weighted by atomic mass is 10.0. The Hall–Kier alpha value is -0.770. The van der Waals surface area contributed by atoms with Gasteiger partial charge in [0.2, 0.25) is 0 Å². The van der Waals surface area contributed by atoms with E-state index in [1.165, 1.54) is 10.9 Å². The zero-order valence-corrected chi connectivity index (χ0v) is 9.86. The number of aromatic hydroxyl groups is 1. The van der Waals surface area contributed by atoms with Gasteiger partial charge in [-0.15, -0.1) is 0 Å². The first kappa shape index (κ1) is 9.77. The van der Waals surface area contributed by atoms with Crippen LogP contribution in [0.15, 0.2) is 36.4 Å². The van der Waals surface area contributed by atoms with E-state index in [-0.39, 0.29) is 0 Å². The van der Waals surface area contributed by atoms with Gasteiger partial charge in [0.1, 0.15) is 5.75 Å². The molecule has 0 radical (unpaired) electrons. The van der Waals surface area contributed by atoms with Crippen LogP contribution in [0.1, 0.15) is 5.56 Å². The summed E-state index contributed by atoms with van der Waals surface area (Å²) in [6.07, 6.45) is 1.06. The Kier molecular flexibility index (Phi) is 2.91. The summed E-state index contributed by atoms with van der Waals surface area (Å²) in [5.74, 6) is 0.373. The Balaban J connectivity index is 2.68. The van der Waals surface area contributed by atoms with Crippen molar-refractivity contribution in [3.63, 3.8) is 0 Å². The summed E-state index contributed by atoms with van der Waals surface area (Å²) >= 11 is 2.37. The highest BCUT2D eigenvalue weighted by Gasteiger charge is 2.03. The fourth-order valence-electron chi connectivity index (χ4n) is 1.67. The third-order valence-corrected chi connectivity index (χ3v) is 2.89. The fourth-order valence-corrected chi connectivity index (χ4v) is 2.25. The maximum atomic E-state index is 9.66. The third-order valence-electron chi connectivity index (χ3n) is 2.36. The number of fused-ring (bicyclic) bond motifs is 1. The highest BCUT2D eigenvalue weighted by atomic mass is 127. The number of phenolic OH excluding ortho intramolecular Hbond substituents is 1. The quantitative estimate of drug-likeness (QED) is 0.664. The predicted octanol–water partition coefficient (Wildman–Crippen LogP) is 3.52. The summed E-state index contributed by atoms with van der Waals surface area (Å²) in [5.41, 5.74) is 1.31. The van der Waals surface area contributed by atoms with Crippen LogP contribution >= 0.6 is 22.6 Å². The summed E-state index contributed by atoms with van der Waals surface area (Å²) in [4.78, 5) is 0. The Morgan fingerprint density at radius 3 is 2.43 bits per heavy atom. The molecule has 0 aliphatic heterocycles. The van der Waals surface area contributed by atoms with E-state index >= 15 is 0 Å². The molecule has 0 atom stereocenters. The van der Waals surface area contributed by atoms with Gasteiger partial charge in [-0.25, -0.2) is 0 Å². The van der Waals surface area contributed by atoms with Crippen molar-refractivity contribution in [2.45, 2.75) is 6.42 Å². The zero-order valence-electron chi connectivity index (χ0n) is 7.70. The number of phenols is 1. The Labute approximate surface area is 96.9 Å². The average Bonchev–Trinajstić information content (AvgIpc) is 2.23. The maximum absolute atomic E-state index is 9.66. The molecule has 2 rings (SSSR count). The number of alkyl halides is 1. The molecular formula is C12H11IO. The molecule has 0 spiro atoms. The lowest BCUT2D eigenvalue weighted by molar-refractivity contribution is 0.481. The number of aryl methyl sites for hydroxylation is 1. The minimum Gasteiger partial charge on any atom is -0.507 e. The maximum Gasteiger partial charge on any atom is 0.123 e. The van der Waals surface area contributed by atoms with E-state index in [1.807, 2.05) is 24.3 Å². The van der Waals surface area contributed by atoms with Gasteiger partial charge in [-0.3, -0.25) is 0 Å². The normalized spacial score (nSPS) is 10.6. The molecule has 0 aromatic heterocycles. The highest BCUT2D eigenvalue weighted by molar-refractivity contribution is 14.1. The second-order valence-corrected chi connectivity index (χ2v) is 4.31. The molecular weight excluding hydrogens is 287 g/mol. The molecule has 14 heavy (non-hydrogen) atoms. The van der Waals surface area contributed by atoms with Crippen LogP contribution in [0.25, 0.3) is 10.8 Å². The van der Waals surface area contributed by atoms with Crippen molar-refractivity contribution in [2.24, 2.45) is 0 Å². The van der Waals surface area contributed by atoms with Gasteiger partial charge < -0.3 is 5.11 Å². The van der Waals surface area contributed by atoms with Gasteiger partial charge in [0.15, 0.2) is 0 Å². The summed E-state index contributed by atoms with van der Waals surface area (Å²) < 4.78 is 1.10. The van der Waals surface area contributed by atoms with E-state index in [0.717, 1.165) is 16.2 Å². The lowest BCUT2D eigenvalue weighted by Crippen LogP contribution is -1.87. The SMILES string of the molecule is Oc1ccc(CCI)c2ccccc12. The molecule has 0 aliphatic carbocycles. The van der Waals surface area contributed by atoms with Crippen LogP contribution in [0.5, 0.6) is 5.75 Å². The van der Waals surface area contributed by atoms with Crippen LogP contribution in [-0.2, 0) is 6.42 Å². The highest BCUT2D eigenvalue weighted by Crippen LogP contribution is 2.27. The third kappa shape index (κ3) is 1.71. The summed E-state index contributed by atoms with van der Waals surface area (Å²) in [6.45, 7) is 0. The van der Waals surface area contributed by atoms with E-state index in [1.54, 1.807) is 6.07 Å². The molecule has 0 bridgehead atoms. The first-order valence-corrected chi connectivity index (χ1v) is 6.11. The monoisotopic (exact) mass is 298 g/mol. The summed E-state index contributed by atoms with van der Waals surface area (Å²) in [6, 6.07) is 11.8. The zero-order chi connectivity index (χ0) is 9.97. The molecule has 1 nitrogen and oxygen atoms in total. The first-order chi connectivity index (χ1) is 6.83. The van der Waals surface area contributed by atoms with E-state index < -0.39 is 0 Å². The number of hydrogen-bond acceptors (Lipinski definition) is 1. The Morgan fingerprint density at radius 1 is 1.00 bits per heavy atom. The lowest BCUT2D eigenvalue weighted by Gasteiger charge is -2.06. The van der Waals surface area contributed by atoms with Gasteiger partial charge in [-0.05, 0) is 23.4 Å². The molecule has 0 saturated carbocycles. The van der Waals surface area contributed by atoms with Gasteiger partial charge in [-0.2, -0.15) is 0 Å². The number of halogens is 1. The van der Waals surface area contributed by atoms with E-state index in [2.05, 4.69) is 28.7 Å². The van der Waals surface area contributed by atoms with Crippen LogP contribution in [-0.4, -0.2) is 9.53 Å². The molecule has 0 saturated heterocycles. The smallest absolute Gasteiger partial charge is 0.123 e. The second kappa shape index (κ2) is 4.17. The van der Waals surface area contributed by atoms with Crippen LogP contribution in [0.2, 0.25) is 0 Å². The first-order valence-electron chi connectivity index (χ1n) is 4.58. The molecule has 0 fully saturated rings. The summed E-state index contributed by atoms with van der Waals surface area (Å²) in [7, 11) is 0. The van der Waals surface area contributed by atoms with Gasteiger partial charge >= 0.3 is 0 Å². The van der Waals surface area contributed by atoms with Crippen molar-refractivity contribution in [3.8, 4) is 5.75 Å². The molecule has 0 amide bonds. The molecule has 0 aliphatic rings. The Bertz CT molecular complexity index is 451. The van der Waals surface area contributed by atoms with Crippen molar-refractivity contribution in [2.75, 3.05) is 4.43 Å². The van der Waals surface area contributed by atoms with Crippen molar-refractivity contribution in [1.29, 1.82) is 0 Å². The standard InChI is InChI=1S/C12H11IO/c13-8-7-9-5-6-12(14)11-4-2-1-3-10(9)11/h1-6,14H,7-8H2. The second-order valence-electron chi connectivity index (χ2n) is 3.23. The number of benzene rings is 2. The molecule has 2 heteroatoms. The molecule has 2 aromatic rings. The minimum atomic E-state index is 0.373. The van der Waals surface area contributed by atoms with Crippen molar-refractivity contribution in [1.82, 2.24) is 0 Å². The molecule has 0 heterocycles. The van der Waals surface area contributed by atoms with Crippen molar-refractivity contribution < 1.29 is 5.11 Å². The Morgan fingerprint density at radius 2 is 1.71 bits per heavy atom. The van der Waals surface area contributed by atoms with Crippen LogP contribution < -0.4 is 0 Å². The van der Waals surface area contributed by atoms with Gasteiger partial charge in [-0.1, -0.05) is 52.9 Å². The number of rotatable bonds is 2. The fraction of sp³-hybridized carbons (Fsp3) is 0.167. The molecule has 0 unspecified atom stereocenters. The minimum absolute atomic E-state index is 0.373. The average molecular weight is 298 g/mol.